The van der Waals surface area contributed by atoms with Gasteiger partial charge in [-0.1, -0.05) is 6.92 Å². The number of carbonyl (C=O) groups is 1. The van der Waals surface area contributed by atoms with Gasteiger partial charge in [-0.3, -0.25) is 4.79 Å². The third-order valence-corrected chi connectivity index (χ3v) is 3.66. The van der Waals surface area contributed by atoms with Crippen molar-refractivity contribution < 1.29 is 9.53 Å². The predicted octanol–water partition coefficient (Wildman–Crippen LogP) is 0.670. The Morgan fingerprint density at radius 3 is 3.06 bits per heavy atom. The molecule has 2 aliphatic heterocycles. The molecule has 92 valence electrons. The number of amides is 1. The van der Waals surface area contributed by atoms with E-state index >= 15 is 0 Å². The van der Waals surface area contributed by atoms with Crippen molar-refractivity contribution in [3.8, 4) is 0 Å². The monoisotopic (exact) mass is 226 g/mol. The molecule has 2 unspecified atom stereocenters. The van der Waals surface area contributed by atoms with Gasteiger partial charge in [0, 0.05) is 19.1 Å². The third-order valence-electron chi connectivity index (χ3n) is 3.66. The van der Waals surface area contributed by atoms with Gasteiger partial charge in [0.05, 0.1) is 12.1 Å². The highest BCUT2D eigenvalue weighted by Crippen LogP contribution is 2.22. The molecule has 2 heterocycles. The van der Waals surface area contributed by atoms with E-state index in [9.17, 15) is 4.79 Å². The van der Waals surface area contributed by atoms with Crippen LogP contribution in [0.4, 0.5) is 0 Å². The number of hydrogen-bond donors (Lipinski definition) is 2. The first-order valence-corrected chi connectivity index (χ1v) is 6.44. The minimum atomic E-state index is 0.0439. The molecule has 0 bridgehead atoms. The second-order valence-corrected chi connectivity index (χ2v) is 4.76. The fourth-order valence-corrected chi connectivity index (χ4v) is 2.64. The van der Waals surface area contributed by atoms with Crippen molar-refractivity contribution in [2.75, 3.05) is 19.7 Å². The first-order chi connectivity index (χ1) is 7.81. The van der Waals surface area contributed by atoms with E-state index < -0.39 is 0 Å². The Kier molecular flexibility index (Phi) is 4.18. The minimum Gasteiger partial charge on any atom is -0.378 e. The molecule has 0 aromatic rings. The first kappa shape index (κ1) is 11.9. The molecule has 3 atom stereocenters. The van der Waals surface area contributed by atoms with Gasteiger partial charge >= 0.3 is 0 Å². The zero-order chi connectivity index (χ0) is 11.4. The molecule has 0 aromatic carbocycles. The van der Waals surface area contributed by atoms with Crippen molar-refractivity contribution in [2.45, 2.75) is 44.8 Å². The van der Waals surface area contributed by atoms with Crippen LogP contribution in [0.3, 0.4) is 0 Å². The molecule has 2 saturated heterocycles. The summed E-state index contributed by atoms with van der Waals surface area (Å²) in [6, 6.07) is 0.0439. The van der Waals surface area contributed by atoms with E-state index in [0.717, 1.165) is 45.4 Å². The lowest BCUT2D eigenvalue weighted by Gasteiger charge is -2.18. The third kappa shape index (κ3) is 2.74. The van der Waals surface area contributed by atoms with Crippen molar-refractivity contribution in [1.29, 1.82) is 0 Å². The molecular formula is C12H22N2O2. The lowest BCUT2D eigenvalue weighted by Crippen LogP contribution is -2.43. The van der Waals surface area contributed by atoms with E-state index in [4.69, 9.17) is 4.74 Å². The van der Waals surface area contributed by atoms with Crippen LogP contribution < -0.4 is 10.6 Å². The second-order valence-electron chi connectivity index (χ2n) is 4.76. The Morgan fingerprint density at radius 2 is 2.38 bits per heavy atom. The van der Waals surface area contributed by atoms with E-state index in [-0.39, 0.29) is 11.9 Å². The van der Waals surface area contributed by atoms with Crippen LogP contribution in [0, 0.1) is 5.92 Å². The van der Waals surface area contributed by atoms with Crippen molar-refractivity contribution >= 4 is 5.91 Å². The summed E-state index contributed by atoms with van der Waals surface area (Å²) >= 11 is 0. The maximum Gasteiger partial charge on any atom is 0.237 e. The average Bonchev–Trinajstić information content (AvgIpc) is 2.96. The summed E-state index contributed by atoms with van der Waals surface area (Å²) in [6.45, 7) is 4.74. The first-order valence-electron chi connectivity index (χ1n) is 6.44. The molecule has 0 radical (unpaired) electrons. The summed E-state index contributed by atoms with van der Waals surface area (Å²) < 4.78 is 5.61. The molecule has 2 fully saturated rings. The van der Waals surface area contributed by atoms with Crippen molar-refractivity contribution in [2.24, 2.45) is 5.92 Å². The maximum absolute atomic E-state index is 11.8. The quantitative estimate of drug-likeness (QED) is 0.741. The zero-order valence-corrected chi connectivity index (χ0v) is 10.00. The number of ether oxygens (including phenoxy) is 1. The lowest BCUT2D eigenvalue weighted by atomic mass is 9.99. The summed E-state index contributed by atoms with van der Waals surface area (Å²) in [5.41, 5.74) is 0. The molecule has 4 heteroatoms. The molecule has 2 aliphatic rings. The Hall–Kier alpha value is -0.610. The second kappa shape index (κ2) is 5.64. The molecule has 4 nitrogen and oxygen atoms in total. The molecule has 2 rings (SSSR count). The summed E-state index contributed by atoms with van der Waals surface area (Å²) in [7, 11) is 0. The molecule has 0 aliphatic carbocycles. The van der Waals surface area contributed by atoms with Gasteiger partial charge in [0.1, 0.15) is 0 Å². The van der Waals surface area contributed by atoms with Gasteiger partial charge in [0.2, 0.25) is 5.91 Å². The van der Waals surface area contributed by atoms with Crippen LogP contribution in [0.25, 0.3) is 0 Å². The SMILES string of the molecule is CCC1OCCC1CNC(=O)[C@@H]1CCCN1. The van der Waals surface area contributed by atoms with Crippen LogP contribution in [-0.2, 0) is 9.53 Å². The molecular weight excluding hydrogens is 204 g/mol. The van der Waals surface area contributed by atoms with Gasteiger partial charge in [-0.2, -0.15) is 0 Å². The summed E-state index contributed by atoms with van der Waals surface area (Å²) in [6.07, 6.45) is 4.56. The standard InChI is InChI=1S/C12H22N2O2/c1-2-11-9(5-7-16-11)8-14-12(15)10-4-3-6-13-10/h9-11,13H,2-8H2,1H3,(H,14,15)/t9?,10-,11?/m0/s1. The summed E-state index contributed by atoms with van der Waals surface area (Å²) in [5, 5.41) is 6.26. The molecule has 2 N–H and O–H groups in total. The van der Waals surface area contributed by atoms with Crippen LogP contribution in [0.1, 0.15) is 32.6 Å². The Morgan fingerprint density at radius 1 is 1.50 bits per heavy atom. The van der Waals surface area contributed by atoms with Crippen molar-refractivity contribution in [3.05, 3.63) is 0 Å². The van der Waals surface area contributed by atoms with E-state index in [1.807, 2.05) is 0 Å². The van der Waals surface area contributed by atoms with Crippen LogP contribution >= 0.6 is 0 Å². The zero-order valence-electron chi connectivity index (χ0n) is 10.00. The van der Waals surface area contributed by atoms with Gasteiger partial charge in [0.15, 0.2) is 0 Å². The highest BCUT2D eigenvalue weighted by molar-refractivity contribution is 5.81. The molecule has 0 spiro atoms. The van der Waals surface area contributed by atoms with E-state index in [1.54, 1.807) is 0 Å². The van der Waals surface area contributed by atoms with Crippen LogP contribution in [0.2, 0.25) is 0 Å². The molecule has 16 heavy (non-hydrogen) atoms. The van der Waals surface area contributed by atoms with E-state index in [0.29, 0.717) is 12.0 Å². The van der Waals surface area contributed by atoms with E-state index in [2.05, 4.69) is 17.6 Å². The van der Waals surface area contributed by atoms with Gasteiger partial charge in [-0.05, 0) is 32.2 Å². The van der Waals surface area contributed by atoms with Crippen LogP contribution in [0.15, 0.2) is 0 Å². The predicted molar refractivity (Wildman–Crippen MR) is 62.2 cm³/mol. The maximum atomic E-state index is 11.8. The molecule has 1 amide bonds. The number of rotatable bonds is 4. The van der Waals surface area contributed by atoms with E-state index in [1.165, 1.54) is 0 Å². The fraction of sp³-hybridized carbons (Fsp3) is 0.917. The van der Waals surface area contributed by atoms with Crippen molar-refractivity contribution in [1.82, 2.24) is 10.6 Å². The van der Waals surface area contributed by atoms with Crippen LogP contribution in [-0.4, -0.2) is 37.7 Å². The smallest absolute Gasteiger partial charge is 0.237 e. The molecule has 0 saturated carbocycles. The van der Waals surface area contributed by atoms with Gasteiger partial charge < -0.3 is 15.4 Å². The normalized spacial score (nSPS) is 34.2. The number of nitrogens with one attached hydrogen (secondary N) is 2. The summed E-state index contributed by atoms with van der Waals surface area (Å²) in [4.78, 5) is 11.8. The minimum absolute atomic E-state index is 0.0439. The van der Waals surface area contributed by atoms with Gasteiger partial charge in [-0.25, -0.2) is 0 Å². The Labute approximate surface area is 97.1 Å². The van der Waals surface area contributed by atoms with Crippen molar-refractivity contribution in [3.63, 3.8) is 0 Å². The van der Waals surface area contributed by atoms with Gasteiger partial charge in [-0.15, -0.1) is 0 Å². The average molecular weight is 226 g/mol. The fourth-order valence-electron chi connectivity index (χ4n) is 2.64. The highest BCUT2D eigenvalue weighted by atomic mass is 16.5. The Balaban J connectivity index is 1.71. The Bertz CT molecular complexity index is 239. The number of hydrogen-bond acceptors (Lipinski definition) is 3. The summed E-state index contributed by atoms with van der Waals surface area (Å²) in [5.74, 6) is 0.676. The highest BCUT2D eigenvalue weighted by Gasteiger charge is 2.28. The largest absolute Gasteiger partial charge is 0.378 e. The van der Waals surface area contributed by atoms with Gasteiger partial charge in [0.25, 0.3) is 0 Å². The topological polar surface area (TPSA) is 50.4 Å². The van der Waals surface area contributed by atoms with Crippen LogP contribution in [0.5, 0.6) is 0 Å². The lowest BCUT2D eigenvalue weighted by molar-refractivity contribution is -0.123. The number of carbonyl (C=O) groups excluding carboxylic acids is 1. The molecule has 0 aromatic heterocycles.